The lowest BCUT2D eigenvalue weighted by molar-refractivity contribution is -0.123. The van der Waals surface area contributed by atoms with Crippen molar-refractivity contribution < 1.29 is 14.3 Å². The van der Waals surface area contributed by atoms with Gasteiger partial charge in [-0.3, -0.25) is 9.36 Å². The van der Waals surface area contributed by atoms with E-state index in [0.717, 1.165) is 5.56 Å². The van der Waals surface area contributed by atoms with E-state index < -0.39 is 17.9 Å². The van der Waals surface area contributed by atoms with Crippen LogP contribution in [0.4, 0.5) is 0 Å². The van der Waals surface area contributed by atoms with Crippen LogP contribution in [0.3, 0.4) is 0 Å². The molecule has 0 radical (unpaired) electrons. The number of nitrogens with one attached hydrogen (secondary N) is 1. The van der Waals surface area contributed by atoms with Crippen LogP contribution in [0.2, 0.25) is 0 Å². The van der Waals surface area contributed by atoms with Gasteiger partial charge in [0.25, 0.3) is 0 Å². The highest BCUT2D eigenvalue weighted by Crippen LogP contribution is 2.11. The van der Waals surface area contributed by atoms with Gasteiger partial charge < -0.3 is 14.8 Å². The molecule has 0 aliphatic heterocycles. The average Bonchev–Trinajstić information content (AvgIpc) is 2.91. The maximum atomic E-state index is 12.3. The van der Waals surface area contributed by atoms with Gasteiger partial charge in [0, 0.05) is 6.42 Å². The molecule has 1 amide bonds. The summed E-state index contributed by atoms with van der Waals surface area (Å²) in [4.78, 5) is 24.2. The van der Waals surface area contributed by atoms with E-state index >= 15 is 0 Å². The SMILES string of the molecule is CC(NC(=O)Cn1c(=O)oc2ccccc21)C(O)Cc1ccccc1. The largest absolute Gasteiger partial charge is 0.420 e. The molecule has 2 N–H and O–H groups in total. The molecule has 0 saturated carbocycles. The molecule has 0 fully saturated rings. The van der Waals surface area contributed by atoms with Crippen LogP contribution in [0.5, 0.6) is 0 Å². The maximum Gasteiger partial charge on any atom is 0.420 e. The lowest BCUT2D eigenvalue weighted by atomic mass is 10.0. The second kappa shape index (κ2) is 7.36. The lowest BCUT2D eigenvalue weighted by Gasteiger charge is -2.20. The Balaban J connectivity index is 1.63. The molecule has 1 aromatic heterocycles. The third-order valence-corrected chi connectivity index (χ3v) is 4.13. The van der Waals surface area contributed by atoms with Crippen molar-refractivity contribution in [2.45, 2.75) is 32.0 Å². The van der Waals surface area contributed by atoms with Gasteiger partial charge in [0.05, 0.1) is 17.7 Å². The average molecular weight is 340 g/mol. The summed E-state index contributed by atoms with van der Waals surface area (Å²) >= 11 is 0. The molecule has 2 atom stereocenters. The van der Waals surface area contributed by atoms with E-state index in [9.17, 15) is 14.7 Å². The van der Waals surface area contributed by atoms with Crippen LogP contribution in [0.25, 0.3) is 11.1 Å². The molecule has 2 aromatic carbocycles. The predicted octanol–water partition coefficient (Wildman–Crippen LogP) is 1.70. The molecule has 6 nitrogen and oxygen atoms in total. The molecule has 0 spiro atoms. The van der Waals surface area contributed by atoms with Gasteiger partial charge in [0.1, 0.15) is 6.54 Å². The Hall–Kier alpha value is -2.86. The van der Waals surface area contributed by atoms with Gasteiger partial charge in [-0.05, 0) is 24.6 Å². The second-order valence-electron chi connectivity index (χ2n) is 6.04. The van der Waals surface area contributed by atoms with Gasteiger partial charge in [0.2, 0.25) is 5.91 Å². The summed E-state index contributed by atoms with van der Waals surface area (Å²) in [5.74, 6) is -0.929. The van der Waals surface area contributed by atoms with E-state index in [2.05, 4.69) is 5.32 Å². The number of hydrogen-bond acceptors (Lipinski definition) is 4. The first kappa shape index (κ1) is 17.0. The molecule has 2 unspecified atom stereocenters. The van der Waals surface area contributed by atoms with Gasteiger partial charge in [-0.1, -0.05) is 42.5 Å². The highest BCUT2D eigenvalue weighted by molar-refractivity contribution is 5.79. The van der Waals surface area contributed by atoms with Crippen LogP contribution in [0, 0.1) is 0 Å². The second-order valence-corrected chi connectivity index (χ2v) is 6.04. The summed E-state index contributed by atoms with van der Waals surface area (Å²) in [7, 11) is 0. The van der Waals surface area contributed by atoms with Gasteiger partial charge in [0.15, 0.2) is 5.58 Å². The van der Waals surface area contributed by atoms with E-state index in [1.807, 2.05) is 30.3 Å². The summed E-state index contributed by atoms with van der Waals surface area (Å²) in [6.45, 7) is 1.58. The fourth-order valence-electron chi connectivity index (χ4n) is 2.74. The van der Waals surface area contributed by atoms with Crippen molar-refractivity contribution in [1.82, 2.24) is 9.88 Å². The number of carbonyl (C=O) groups is 1. The molecule has 0 bridgehead atoms. The first-order valence-electron chi connectivity index (χ1n) is 8.14. The number of rotatable bonds is 6. The highest BCUT2D eigenvalue weighted by Gasteiger charge is 2.19. The Kier molecular flexibility index (Phi) is 5.00. The van der Waals surface area contributed by atoms with Crippen molar-refractivity contribution in [1.29, 1.82) is 0 Å². The Morgan fingerprint density at radius 1 is 1.16 bits per heavy atom. The molecule has 1 heterocycles. The number of benzene rings is 2. The lowest BCUT2D eigenvalue weighted by Crippen LogP contribution is -2.44. The monoisotopic (exact) mass is 340 g/mol. The topological polar surface area (TPSA) is 84.5 Å². The fourth-order valence-corrected chi connectivity index (χ4v) is 2.74. The number of aromatic nitrogens is 1. The van der Waals surface area contributed by atoms with Gasteiger partial charge in [-0.15, -0.1) is 0 Å². The molecule has 25 heavy (non-hydrogen) atoms. The van der Waals surface area contributed by atoms with Crippen LogP contribution in [-0.4, -0.2) is 27.7 Å². The summed E-state index contributed by atoms with van der Waals surface area (Å²) in [5, 5.41) is 13.0. The fraction of sp³-hybridized carbons (Fsp3) is 0.263. The zero-order chi connectivity index (χ0) is 17.8. The zero-order valence-corrected chi connectivity index (χ0v) is 13.9. The molecular formula is C19H20N2O4. The Bertz CT molecular complexity index is 914. The van der Waals surface area contributed by atoms with Crippen molar-refractivity contribution in [2.75, 3.05) is 0 Å². The highest BCUT2D eigenvalue weighted by atomic mass is 16.4. The quantitative estimate of drug-likeness (QED) is 0.715. The number of para-hydroxylation sites is 2. The zero-order valence-electron chi connectivity index (χ0n) is 13.9. The van der Waals surface area contributed by atoms with E-state index in [0.29, 0.717) is 17.5 Å². The van der Waals surface area contributed by atoms with Crippen LogP contribution in [0.1, 0.15) is 12.5 Å². The third-order valence-electron chi connectivity index (χ3n) is 4.13. The summed E-state index contributed by atoms with van der Waals surface area (Å²) in [6.07, 6.45) is -0.277. The van der Waals surface area contributed by atoms with Crippen molar-refractivity contribution in [3.63, 3.8) is 0 Å². The normalized spacial score (nSPS) is 13.5. The van der Waals surface area contributed by atoms with Crippen molar-refractivity contribution >= 4 is 17.0 Å². The van der Waals surface area contributed by atoms with Crippen LogP contribution < -0.4 is 11.1 Å². The first-order chi connectivity index (χ1) is 12.0. The molecule has 130 valence electrons. The van der Waals surface area contributed by atoms with Crippen LogP contribution in [0.15, 0.2) is 63.8 Å². The minimum absolute atomic E-state index is 0.155. The standard InChI is InChI=1S/C19H20N2O4/c1-13(16(22)11-14-7-3-2-4-8-14)20-18(23)12-21-15-9-5-6-10-17(15)25-19(21)24/h2-10,13,16,22H,11-12H2,1H3,(H,20,23). The van der Waals surface area contributed by atoms with Crippen molar-refractivity contribution in [2.24, 2.45) is 0 Å². The van der Waals surface area contributed by atoms with E-state index in [-0.39, 0.29) is 12.5 Å². The minimum atomic E-state index is -0.718. The Morgan fingerprint density at radius 2 is 1.84 bits per heavy atom. The van der Waals surface area contributed by atoms with Crippen LogP contribution in [-0.2, 0) is 17.8 Å². The van der Waals surface area contributed by atoms with E-state index in [4.69, 9.17) is 4.42 Å². The number of nitrogens with zero attached hydrogens (tertiary/aromatic N) is 1. The molecular weight excluding hydrogens is 320 g/mol. The van der Waals surface area contributed by atoms with Crippen LogP contribution >= 0.6 is 0 Å². The summed E-state index contributed by atoms with van der Waals surface area (Å²) in [5.41, 5.74) is 2.01. The molecule has 6 heteroatoms. The summed E-state index contributed by atoms with van der Waals surface area (Å²) in [6, 6.07) is 16.1. The number of fused-ring (bicyclic) bond motifs is 1. The third kappa shape index (κ3) is 3.97. The van der Waals surface area contributed by atoms with Gasteiger partial charge >= 0.3 is 5.76 Å². The number of aliphatic hydroxyl groups excluding tert-OH is 1. The van der Waals surface area contributed by atoms with Crippen molar-refractivity contribution in [3.05, 3.63) is 70.7 Å². The molecule has 3 aromatic rings. The van der Waals surface area contributed by atoms with Crippen molar-refractivity contribution in [3.8, 4) is 0 Å². The number of amides is 1. The minimum Gasteiger partial charge on any atom is -0.408 e. The maximum absolute atomic E-state index is 12.3. The van der Waals surface area contributed by atoms with Gasteiger partial charge in [-0.2, -0.15) is 0 Å². The van der Waals surface area contributed by atoms with Gasteiger partial charge in [-0.25, -0.2) is 4.79 Å². The number of aliphatic hydroxyl groups is 1. The number of hydrogen-bond donors (Lipinski definition) is 2. The number of carbonyl (C=O) groups excluding carboxylic acids is 1. The molecule has 0 aliphatic carbocycles. The van der Waals surface area contributed by atoms with E-state index in [1.165, 1.54) is 4.57 Å². The summed E-state index contributed by atoms with van der Waals surface area (Å²) < 4.78 is 6.39. The van der Waals surface area contributed by atoms with E-state index in [1.54, 1.807) is 31.2 Å². The Morgan fingerprint density at radius 3 is 2.60 bits per heavy atom. The molecule has 0 aliphatic rings. The molecule has 0 saturated heterocycles. The first-order valence-corrected chi connectivity index (χ1v) is 8.14. The molecule has 3 rings (SSSR count). The number of oxazole rings is 1. The Labute approximate surface area is 144 Å². The smallest absolute Gasteiger partial charge is 0.408 e. The predicted molar refractivity (Wildman–Crippen MR) is 94.2 cm³/mol.